The van der Waals surface area contributed by atoms with Gasteiger partial charge < -0.3 is 10.1 Å². The summed E-state index contributed by atoms with van der Waals surface area (Å²) < 4.78 is 5.97. The monoisotopic (exact) mass is 296 g/mol. The largest absolute Gasteiger partial charge is 0.374 e. The van der Waals surface area contributed by atoms with Gasteiger partial charge in [0.2, 0.25) is 0 Å². The van der Waals surface area contributed by atoms with Crippen molar-refractivity contribution in [1.29, 1.82) is 0 Å². The third-order valence-electron chi connectivity index (χ3n) is 5.04. The first-order valence-electron chi connectivity index (χ1n) is 9.46. The van der Waals surface area contributed by atoms with E-state index in [9.17, 15) is 0 Å². The van der Waals surface area contributed by atoms with Gasteiger partial charge in [0.05, 0.1) is 12.7 Å². The molecule has 2 unspecified atom stereocenters. The lowest BCUT2D eigenvalue weighted by atomic mass is 10.1. The van der Waals surface area contributed by atoms with Crippen molar-refractivity contribution in [2.45, 2.75) is 83.3 Å². The van der Waals surface area contributed by atoms with Crippen LogP contribution in [0.4, 0.5) is 0 Å². The predicted molar refractivity (Wildman–Crippen MR) is 89.8 cm³/mol. The van der Waals surface area contributed by atoms with Crippen molar-refractivity contribution in [3.05, 3.63) is 0 Å². The number of hydrogen-bond acceptors (Lipinski definition) is 3. The Morgan fingerprint density at radius 3 is 2.62 bits per heavy atom. The summed E-state index contributed by atoms with van der Waals surface area (Å²) in [5.41, 5.74) is 0. The molecule has 2 aliphatic rings. The van der Waals surface area contributed by atoms with Gasteiger partial charge >= 0.3 is 0 Å². The van der Waals surface area contributed by atoms with Gasteiger partial charge in [-0.1, -0.05) is 51.9 Å². The molecule has 2 fully saturated rings. The van der Waals surface area contributed by atoms with E-state index in [1.165, 1.54) is 70.8 Å². The third kappa shape index (κ3) is 6.66. The summed E-state index contributed by atoms with van der Waals surface area (Å²) in [6.07, 6.45) is 14.3. The molecular weight excluding hydrogens is 260 g/mol. The van der Waals surface area contributed by atoms with Gasteiger partial charge in [-0.3, -0.25) is 4.90 Å². The molecule has 0 aromatic rings. The van der Waals surface area contributed by atoms with Crippen LogP contribution in [0, 0.1) is 0 Å². The summed E-state index contributed by atoms with van der Waals surface area (Å²) >= 11 is 0. The molecule has 0 aliphatic carbocycles. The first-order valence-corrected chi connectivity index (χ1v) is 9.46. The Hall–Kier alpha value is -0.120. The summed E-state index contributed by atoms with van der Waals surface area (Å²) in [5.74, 6) is 0. The van der Waals surface area contributed by atoms with E-state index in [2.05, 4.69) is 17.1 Å². The van der Waals surface area contributed by atoms with Crippen LogP contribution in [0.3, 0.4) is 0 Å². The van der Waals surface area contributed by atoms with Crippen LogP contribution in [0.5, 0.6) is 0 Å². The molecule has 0 aromatic carbocycles. The highest BCUT2D eigenvalue weighted by molar-refractivity contribution is 4.85. The second-order valence-corrected chi connectivity index (χ2v) is 6.93. The fraction of sp³-hybridized carbons (Fsp3) is 1.00. The van der Waals surface area contributed by atoms with Gasteiger partial charge in [0.25, 0.3) is 0 Å². The van der Waals surface area contributed by atoms with Crippen LogP contribution in [0.1, 0.15) is 71.1 Å². The van der Waals surface area contributed by atoms with Crippen molar-refractivity contribution in [1.82, 2.24) is 10.2 Å². The Bertz CT molecular complexity index is 260. The highest BCUT2D eigenvalue weighted by Gasteiger charge is 2.31. The van der Waals surface area contributed by atoms with Crippen LogP contribution in [0.2, 0.25) is 0 Å². The normalized spacial score (nSPS) is 26.1. The molecule has 2 saturated heterocycles. The number of rotatable bonds is 11. The minimum Gasteiger partial charge on any atom is -0.374 e. The van der Waals surface area contributed by atoms with Gasteiger partial charge in [-0.05, 0) is 32.4 Å². The van der Waals surface area contributed by atoms with Crippen LogP contribution >= 0.6 is 0 Å². The molecule has 21 heavy (non-hydrogen) atoms. The number of nitrogens with zero attached hydrogens (tertiary/aromatic N) is 1. The molecule has 124 valence electrons. The van der Waals surface area contributed by atoms with Gasteiger partial charge in [-0.25, -0.2) is 0 Å². The van der Waals surface area contributed by atoms with Gasteiger partial charge in [0.1, 0.15) is 0 Å². The fourth-order valence-electron chi connectivity index (χ4n) is 3.66. The van der Waals surface area contributed by atoms with E-state index in [0.29, 0.717) is 6.10 Å². The van der Waals surface area contributed by atoms with Gasteiger partial charge in [0.15, 0.2) is 0 Å². The fourth-order valence-corrected chi connectivity index (χ4v) is 3.66. The van der Waals surface area contributed by atoms with Crippen molar-refractivity contribution < 1.29 is 4.74 Å². The topological polar surface area (TPSA) is 24.5 Å². The molecular formula is C18H36N2O. The van der Waals surface area contributed by atoms with E-state index in [4.69, 9.17) is 4.74 Å². The molecule has 0 amide bonds. The Morgan fingerprint density at radius 1 is 1.05 bits per heavy atom. The summed E-state index contributed by atoms with van der Waals surface area (Å²) in [4.78, 5) is 2.63. The molecule has 2 heterocycles. The minimum atomic E-state index is 0.424. The molecule has 2 atom stereocenters. The quantitative estimate of drug-likeness (QED) is 0.590. The molecule has 3 heteroatoms. The lowest BCUT2D eigenvalue weighted by molar-refractivity contribution is -0.0468. The average molecular weight is 296 g/mol. The van der Waals surface area contributed by atoms with E-state index >= 15 is 0 Å². The number of fused-ring (bicyclic) bond motifs is 1. The second-order valence-electron chi connectivity index (χ2n) is 6.93. The lowest BCUT2D eigenvalue weighted by Gasteiger charge is -2.35. The van der Waals surface area contributed by atoms with Crippen molar-refractivity contribution in [2.75, 3.05) is 32.8 Å². The zero-order chi connectivity index (χ0) is 14.8. The Balaban J connectivity index is 1.37. The minimum absolute atomic E-state index is 0.424. The smallest absolute Gasteiger partial charge is 0.0826 e. The van der Waals surface area contributed by atoms with Crippen molar-refractivity contribution >= 4 is 0 Å². The van der Waals surface area contributed by atoms with Gasteiger partial charge in [-0.2, -0.15) is 0 Å². The second kappa shape index (κ2) is 10.6. The van der Waals surface area contributed by atoms with Crippen LogP contribution in [0.25, 0.3) is 0 Å². The SMILES string of the molecule is CCCCCCCCCCNCC1CN2CCCC2CO1. The standard InChI is InChI=1S/C18H36N2O/c1-2-3-4-5-6-7-8-9-12-19-14-18-15-20-13-10-11-17(20)16-21-18/h17-19H,2-16H2,1H3. The molecule has 0 bridgehead atoms. The number of unbranched alkanes of at least 4 members (excludes halogenated alkanes) is 7. The summed E-state index contributed by atoms with van der Waals surface area (Å²) in [5, 5.41) is 3.59. The highest BCUT2D eigenvalue weighted by atomic mass is 16.5. The first kappa shape index (κ1) is 17.2. The van der Waals surface area contributed by atoms with E-state index in [-0.39, 0.29) is 0 Å². The molecule has 3 nitrogen and oxygen atoms in total. The first-order chi connectivity index (χ1) is 10.4. The highest BCUT2D eigenvalue weighted by Crippen LogP contribution is 2.22. The number of nitrogens with one attached hydrogen (secondary N) is 1. The maximum Gasteiger partial charge on any atom is 0.0826 e. The van der Waals surface area contributed by atoms with E-state index < -0.39 is 0 Å². The van der Waals surface area contributed by atoms with E-state index in [0.717, 1.165) is 32.3 Å². The van der Waals surface area contributed by atoms with Crippen LogP contribution in [0.15, 0.2) is 0 Å². The number of morpholine rings is 1. The maximum atomic E-state index is 5.97. The van der Waals surface area contributed by atoms with Crippen LogP contribution in [-0.4, -0.2) is 49.8 Å². The van der Waals surface area contributed by atoms with Crippen LogP contribution in [-0.2, 0) is 4.74 Å². The molecule has 0 spiro atoms. The zero-order valence-corrected chi connectivity index (χ0v) is 14.1. The van der Waals surface area contributed by atoms with Crippen LogP contribution < -0.4 is 5.32 Å². The zero-order valence-electron chi connectivity index (χ0n) is 14.1. The van der Waals surface area contributed by atoms with E-state index in [1.54, 1.807) is 0 Å². The summed E-state index contributed by atoms with van der Waals surface area (Å²) in [6.45, 7) is 7.89. The van der Waals surface area contributed by atoms with Crippen molar-refractivity contribution in [3.63, 3.8) is 0 Å². The molecule has 0 aromatic heterocycles. The molecule has 2 aliphatic heterocycles. The number of hydrogen-bond donors (Lipinski definition) is 1. The maximum absolute atomic E-state index is 5.97. The molecule has 2 rings (SSSR count). The average Bonchev–Trinajstić information content (AvgIpc) is 2.97. The van der Waals surface area contributed by atoms with Crippen molar-refractivity contribution in [2.24, 2.45) is 0 Å². The van der Waals surface area contributed by atoms with Gasteiger partial charge in [-0.15, -0.1) is 0 Å². The summed E-state index contributed by atoms with van der Waals surface area (Å²) in [6, 6.07) is 0.731. The van der Waals surface area contributed by atoms with Gasteiger partial charge in [0, 0.05) is 19.1 Å². The Kier molecular flexibility index (Phi) is 8.68. The third-order valence-corrected chi connectivity index (χ3v) is 5.04. The van der Waals surface area contributed by atoms with Crippen molar-refractivity contribution in [3.8, 4) is 0 Å². The Labute approximate surface area is 131 Å². The Morgan fingerprint density at radius 2 is 1.81 bits per heavy atom. The molecule has 0 radical (unpaired) electrons. The predicted octanol–water partition coefficient (Wildman–Crippen LogP) is 3.58. The lowest BCUT2D eigenvalue weighted by Crippen LogP contribution is -2.49. The summed E-state index contributed by atoms with van der Waals surface area (Å²) in [7, 11) is 0. The molecule has 0 saturated carbocycles. The number of ether oxygens (including phenoxy) is 1. The van der Waals surface area contributed by atoms with E-state index in [1.807, 2.05) is 0 Å². The molecule has 1 N–H and O–H groups in total.